The van der Waals surface area contributed by atoms with Crippen LogP contribution in [0.2, 0.25) is 0 Å². The molecule has 2 N–H and O–H groups in total. The molecule has 1 aromatic heterocycles. The van der Waals surface area contributed by atoms with Crippen molar-refractivity contribution in [1.29, 1.82) is 5.26 Å². The smallest absolute Gasteiger partial charge is 0.101 e. The maximum Gasteiger partial charge on any atom is 0.101 e. The molecule has 0 unspecified atom stereocenters. The molecule has 1 heterocycles. The SMILES string of the molecule is CCC[C@@]1(O)CC[C@@]2(C)[C@H](CC[C@@H]3[C@@H]2[C@@H](O)C[C@]2(C)[C@@H]([C@@H](C)Cn4ccc(C#N)c4)CC[C@@H]32)C1. The van der Waals surface area contributed by atoms with Crippen molar-refractivity contribution in [3.8, 4) is 6.07 Å². The van der Waals surface area contributed by atoms with Crippen LogP contribution in [0.15, 0.2) is 18.5 Å². The minimum atomic E-state index is -0.475. The quantitative estimate of drug-likeness (QED) is 0.546. The third-order valence-electron chi connectivity index (χ3n) is 11.6. The van der Waals surface area contributed by atoms with E-state index in [2.05, 4.69) is 38.3 Å². The lowest BCUT2D eigenvalue weighted by Crippen LogP contribution is -2.60. The van der Waals surface area contributed by atoms with Gasteiger partial charge in [0.1, 0.15) is 6.07 Å². The highest BCUT2D eigenvalue weighted by Gasteiger charge is 2.64. The van der Waals surface area contributed by atoms with Gasteiger partial charge in [-0.25, -0.2) is 0 Å². The summed E-state index contributed by atoms with van der Waals surface area (Å²) in [6, 6.07) is 4.16. The number of hydrogen-bond donors (Lipinski definition) is 2. The monoisotopic (exact) mass is 466 g/mol. The third-order valence-corrected chi connectivity index (χ3v) is 11.6. The second-order valence-electron chi connectivity index (χ2n) is 13.4. The first-order chi connectivity index (χ1) is 16.1. The van der Waals surface area contributed by atoms with Crippen LogP contribution in [-0.4, -0.2) is 26.5 Å². The second kappa shape index (κ2) is 8.67. The summed E-state index contributed by atoms with van der Waals surface area (Å²) in [6.07, 6.45) is 14.7. The van der Waals surface area contributed by atoms with Gasteiger partial charge in [0, 0.05) is 18.9 Å². The highest BCUT2D eigenvalue weighted by Crippen LogP contribution is 2.69. The Labute approximate surface area is 206 Å². The molecule has 188 valence electrons. The third kappa shape index (κ3) is 3.77. The molecule has 4 aliphatic rings. The maximum absolute atomic E-state index is 11.8. The zero-order valence-corrected chi connectivity index (χ0v) is 21.8. The molecule has 5 rings (SSSR count). The highest BCUT2D eigenvalue weighted by atomic mass is 16.3. The summed E-state index contributed by atoms with van der Waals surface area (Å²) in [5.41, 5.74) is 0.637. The predicted molar refractivity (Wildman–Crippen MR) is 135 cm³/mol. The van der Waals surface area contributed by atoms with Gasteiger partial charge >= 0.3 is 0 Å². The van der Waals surface area contributed by atoms with Gasteiger partial charge in [-0.2, -0.15) is 5.26 Å². The number of aromatic nitrogens is 1. The normalized spacial score (nSPS) is 46.7. The number of aliphatic hydroxyl groups is 2. The van der Waals surface area contributed by atoms with Crippen LogP contribution in [0.5, 0.6) is 0 Å². The van der Waals surface area contributed by atoms with E-state index in [4.69, 9.17) is 0 Å². The van der Waals surface area contributed by atoms with Crippen molar-refractivity contribution < 1.29 is 10.2 Å². The largest absolute Gasteiger partial charge is 0.393 e. The number of nitrogens with zero attached hydrogens (tertiary/aromatic N) is 2. The van der Waals surface area contributed by atoms with Gasteiger partial charge in [0.25, 0.3) is 0 Å². The highest BCUT2D eigenvalue weighted by molar-refractivity contribution is 5.25. The number of aliphatic hydroxyl groups excluding tert-OH is 1. The Balaban J connectivity index is 1.35. The molecule has 0 aromatic carbocycles. The summed E-state index contributed by atoms with van der Waals surface area (Å²) in [7, 11) is 0. The molecule has 4 aliphatic carbocycles. The van der Waals surface area contributed by atoms with E-state index in [1.807, 2.05) is 18.5 Å². The minimum absolute atomic E-state index is 0.173. The van der Waals surface area contributed by atoms with Crippen LogP contribution in [-0.2, 0) is 6.54 Å². The lowest BCUT2D eigenvalue weighted by atomic mass is 9.42. The van der Waals surface area contributed by atoms with Gasteiger partial charge in [0.05, 0.1) is 17.3 Å². The van der Waals surface area contributed by atoms with Gasteiger partial charge in [-0.15, -0.1) is 0 Å². The lowest BCUT2D eigenvalue weighted by molar-refractivity contribution is -0.193. The minimum Gasteiger partial charge on any atom is -0.393 e. The molecule has 0 amide bonds. The Morgan fingerprint density at radius 2 is 1.94 bits per heavy atom. The summed E-state index contributed by atoms with van der Waals surface area (Å²) in [6.45, 7) is 10.5. The van der Waals surface area contributed by atoms with E-state index in [-0.39, 0.29) is 16.9 Å². The average Bonchev–Trinajstić information content (AvgIpc) is 3.37. The second-order valence-corrected chi connectivity index (χ2v) is 13.4. The lowest BCUT2D eigenvalue weighted by Gasteiger charge is -2.63. The van der Waals surface area contributed by atoms with Crippen molar-refractivity contribution in [3.63, 3.8) is 0 Å². The van der Waals surface area contributed by atoms with E-state index in [0.717, 1.165) is 50.6 Å². The van der Waals surface area contributed by atoms with E-state index in [9.17, 15) is 15.5 Å². The number of fused-ring (bicyclic) bond motifs is 5. The summed E-state index contributed by atoms with van der Waals surface area (Å²) in [4.78, 5) is 0. The molecule has 10 atom stereocenters. The van der Waals surface area contributed by atoms with Crippen LogP contribution in [0.3, 0.4) is 0 Å². The summed E-state index contributed by atoms with van der Waals surface area (Å²) >= 11 is 0. The summed E-state index contributed by atoms with van der Waals surface area (Å²) in [5.74, 6) is 3.43. The van der Waals surface area contributed by atoms with Crippen molar-refractivity contribution in [2.75, 3.05) is 0 Å². The number of rotatable bonds is 5. The Morgan fingerprint density at radius 3 is 2.65 bits per heavy atom. The zero-order valence-electron chi connectivity index (χ0n) is 21.8. The molecule has 34 heavy (non-hydrogen) atoms. The van der Waals surface area contributed by atoms with Gasteiger partial charge in [-0.05, 0) is 110 Å². The molecular formula is C30H46N2O2. The van der Waals surface area contributed by atoms with Crippen LogP contribution in [0.1, 0.15) is 97.5 Å². The van der Waals surface area contributed by atoms with Crippen molar-refractivity contribution in [2.45, 2.75) is 110 Å². The van der Waals surface area contributed by atoms with Crippen molar-refractivity contribution >= 4 is 0 Å². The Bertz CT molecular complexity index is 934. The number of hydrogen-bond acceptors (Lipinski definition) is 3. The molecule has 0 radical (unpaired) electrons. The average molecular weight is 467 g/mol. The van der Waals surface area contributed by atoms with Crippen LogP contribution in [0, 0.1) is 57.7 Å². The zero-order chi connectivity index (χ0) is 24.3. The first-order valence-corrected chi connectivity index (χ1v) is 14.1. The fourth-order valence-electron chi connectivity index (χ4n) is 10.2. The van der Waals surface area contributed by atoms with E-state index in [1.54, 1.807) is 0 Å². The van der Waals surface area contributed by atoms with Gasteiger partial charge < -0.3 is 14.8 Å². The van der Waals surface area contributed by atoms with Crippen LogP contribution in [0.4, 0.5) is 0 Å². The molecule has 4 nitrogen and oxygen atoms in total. The van der Waals surface area contributed by atoms with Crippen molar-refractivity contribution in [3.05, 3.63) is 24.0 Å². The molecule has 0 spiro atoms. The van der Waals surface area contributed by atoms with Crippen molar-refractivity contribution in [1.82, 2.24) is 4.57 Å². The molecule has 0 saturated heterocycles. The molecule has 4 saturated carbocycles. The predicted octanol–water partition coefficient (Wildman–Crippen LogP) is 6.16. The van der Waals surface area contributed by atoms with Crippen LogP contribution in [0.25, 0.3) is 0 Å². The molecule has 0 aliphatic heterocycles. The first-order valence-electron chi connectivity index (χ1n) is 14.1. The van der Waals surface area contributed by atoms with E-state index < -0.39 is 5.60 Å². The van der Waals surface area contributed by atoms with Gasteiger partial charge in [0.2, 0.25) is 0 Å². The topological polar surface area (TPSA) is 69.2 Å². The van der Waals surface area contributed by atoms with E-state index in [1.165, 1.54) is 25.7 Å². The van der Waals surface area contributed by atoms with Crippen LogP contribution >= 0.6 is 0 Å². The van der Waals surface area contributed by atoms with E-state index in [0.29, 0.717) is 35.5 Å². The molecule has 0 bridgehead atoms. The molecule has 4 fully saturated rings. The summed E-state index contributed by atoms with van der Waals surface area (Å²) < 4.78 is 2.19. The van der Waals surface area contributed by atoms with Gasteiger partial charge in [-0.3, -0.25) is 0 Å². The molecular weight excluding hydrogens is 420 g/mol. The van der Waals surface area contributed by atoms with Gasteiger partial charge in [-0.1, -0.05) is 34.1 Å². The van der Waals surface area contributed by atoms with Gasteiger partial charge in [0.15, 0.2) is 0 Å². The molecule has 4 heteroatoms. The number of nitriles is 1. The maximum atomic E-state index is 11.8. The Morgan fingerprint density at radius 1 is 1.15 bits per heavy atom. The Kier molecular flexibility index (Phi) is 6.22. The van der Waals surface area contributed by atoms with Crippen LogP contribution < -0.4 is 0 Å². The summed E-state index contributed by atoms with van der Waals surface area (Å²) in [5, 5.41) is 32.2. The van der Waals surface area contributed by atoms with E-state index >= 15 is 0 Å². The fourth-order valence-corrected chi connectivity index (χ4v) is 10.2. The Hall–Kier alpha value is -1.31. The van der Waals surface area contributed by atoms with Crippen molar-refractivity contribution in [2.24, 2.45) is 46.3 Å². The molecule has 1 aromatic rings. The first kappa shape index (κ1) is 24.4. The fraction of sp³-hybridized carbons (Fsp3) is 0.833. The standard InChI is InChI=1S/C30H46N2O2/c1-5-11-30(34)13-12-28(3)22(15-30)6-7-23-25-9-8-24(29(25,4)16-26(33)27(23)28)20(2)18-32-14-10-21(17-31)19-32/h10,14,19-20,22-27,33-34H,5-9,11-13,15-16,18H2,1-4H3/t20-,22+,23-,24+,25-,26-,27+,28-,29+,30+/m0/s1.